The lowest BCUT2D eigenvalue weighted by molar-refractivity contribution is -0.00766. The van der Waals surface area contributed by atoms with E-state index in [4.69, 9.17) is 4.42 Å². The SMILES string of the molecule is CC(C)(CC(O)(Cc1ccnc2ccccc12)C1CC1)c1cccc2c(F)c(F)oc12. The van der Waals surface area contributed by atoms with Gasteiger partial charge in [-0.3, -0.25) is 4.98 Å². The molecule has 31 heavy (non-hydrogen) atoms. The molecular formula is C26H25F2NO2. The third-order valence-electron chi connectivity index (χ3n) is 6.67. The molecule has 0 radical (unpaired) electrons. The maximum absolute atomic E-state index is 14.1. The highest BCUT2D eigenvalue weighted by Crippen LogP contribution is 2.49. The first-order valence-corrected chi connectivity index (χ1v) is 10.7. The van der Waals surface area contributed by atoms with Crippen LogP contribution in [0.2, 0.25) is 0 Å². The molecule has 0 saturated heterocycles. The molecule has 2 heterocycles. The smallest absolute Gasteiger partial charge is 0.315 e. The van der Waals surface area contributed by atoms with Gasteiger partial charge in [-0.15, -0.1) is 0 Å². The number of para-hydroxylation sites is 2. The first kappa shape index (κ1) is 20.1. The monoisotopic (exact) mass is 421 g/mol. The summed E-state index contributed by atoms with van der Waals surface area (Å²) in [5.74, 6) is -0.767. The van der Waals surface area contributed by atoms with Crippen LogP contribution in [0.15, 0.2) is 59.1 Å². The summed E-state index contributed by atoms with van der Waals surface area (Å²) in [7, 11) is 0. The van der Waals surface area contributed by atoms with Crippen molar-refractivity contribution in [2.45, 2.75) is 50.5 Å². The fourth-order valence-electron chi connectivity index (χ4n) is 5.06. The molecule has 0 spiro atoms. The van der Waals surface area contributed by atoms with Gasteiger partial charge in [0.1, 0.15) is 5.58 Å². The van der Waals surface area contributed by atoms with Crippen LogP contribution < -0.4 is 0 Å². The summed E-state index contributed by atoms with van der Waals surface area (Å²) in [5, 5.41) is 13.1. The second kappa shape index (κ2) is 7.13. The Hall–Kier alpha value is -2.79. The maximum atomic E-state index is 14.1. The van der Waals surface area contributed by atoms with Crippen LogP contribution in [0.5, 0.6) is 0 Å². The summed E-state index contributed by atoms with van der Waals surface area (Å²) in [6.45, 7) is 4.00. The van der Waals surface area contributed by atoms with E-state index in [0.717, 1.165) is 29.3 Å². The topological polar surface area (TPSA) is 46.3 Å². The minimum absolute atomic E-state index is 0.137. The van der Waals surface area contributed by atoms with Crippen molar-refractivity contribution in [3.63, 3.8) is 0 Å². The summed E-state index contributed by atoms with van der Waals surface area (Å²) in [6.07, 6.45) is 4.68. The maximum Gasteiger partial charge on any atom is 0.315 e. The molecule has 0 amide bonds. The highest BCUT2D eigenvalue weighted by molar-refractivity contribution is 5.83. The van der Waals surface area contributed by atoms with E-state index in [9.17, 15) is 13.9 Å². The lowest BCUT2D eigenvalue weighted by Gasteiger charge is -2.37. The van der Waals surface area contributed by atoms with Crippen molar-refractivity contribution in [1.82, 2.24) is 4.98 Å². The highest BCUT2D eigenvalue weighted by Gasteiger charge is 2.47. The molecule has 5 rings (SSSR count). The molecule has 0 aliphatic heterocycles. The zero-order valence-electron chi connectivity index (χ0n) is 17.7. The van der Waals surface area contributed by atoms with Gasteiger partial charge < -0.3 is 9.52 Å². The highest BCUT2D eigenvalue weighted by atomic mass is 19.2. The second-order valence-corrected chi connectivity index (χ2v) is 9.47. The Labute approximate surface area is 179 Å². The van der Waals surface area contributed by atoms with Crippen molar-refractivity contribution in [1.29, 1.82) is 0 Å². The van der Waals surface area contributed by atoms with Gasteiger partial charge in [0.2, 0.25) is 5.82 Å². The minimum Gasteiger partial charge on any atom is -0.428 e. The average Bonchev–Trinajstić information content (AvgIpc) is 3.55. The van der Waals surface area contributed by atoms with E-state index in [1.54, 1.807) is 12.3 Å². The molecular weight excluding hydrogens is 396 g/mol. The van der Waals surface area contributed by atoms with Gasteiger partial charge in [-0.2, -0.15) is 8.78 Å². The quantitative estimate of drug-likeness (QED) is 0.397. The molecule has 2 aromatic heterocycles. The first-order valence-electron chi connectivity index (χ1n) is 10.7. The standard InChI is InChI=1S/C26H25F2NO2/c1-25(2,20-8-5-7-19-22(27)24(28)31-23(19)20)15-26(30,17-10-11-17)14-16-12-13-29-21-9-4-3-6-18(16)21/h3-9,12-13,17,30H,10-11,14-15H2,1-2H3. The van der Waals surface area contributed by atoms with E-state index >= 15 is 0 Å². The molecule has 2 aromatic carbocycles. The lowest BCUT2D eigenvalue weighted by atomic mass is 9.71. The fraction of sp³-hybridized carbons (Fsp3) is 0.346. The number of hydrogen-bond donors (Lipinski definition) is 1. The summed E-state index contributed by atoms with van der Waals surface area (Å²) >= 11 is 0. The summed E-state index contributed by atoms with van der Waals surface area (Å²) in [5.41, 5.74) is 1.38. The van der Waals surface area contributed by atoms with Crippen LogP contribution in [0.25, 0.3) is 21.9 Å². The van der Waals surface area contributed by atoms with E-state index in [1.807, 2.05) is 50.2 Å². The molecule has 1 atom stereocenters. The van der Waals surface area contributed by atoms with Gasteiger partial charge in [0.05, 0.1) is 16.5 Å². The van der Waals surface area contributed by atoms with Crippen LogP contribution in [0, 0.1) is 17.7 Å². The molecule has 1 aliphatic rings. The molecule has 4 aromatic rings. The normalized spacial score (nSPS) is 16.7. The Morgan fingerprint density at radius 3 is 2.55 bits per heavy atom. The zero-order valence-corrected chi connectivity index (χ0v) is 17.7. The van der Waals surface area contributed by atoms with Gasteiger partial charge in [0, 0.05) is 23.6 Å². The number of benzene rings is 2. The van der Waals surface area contributed by atoms with Crippen molar-refractivity contribution >= 4 is 21.9 Å². The molecule has 1 fully saturated rings. The summed E-state index contributed by atoms with van der Waals surface area (Å²) < 4.78 is 33.1. The van der Waals surface area contributed by atoms with E-state index in [1.165, 1.54) is 6.07 Å². The Morgan fingerprint density at radius 2 is 1.77 bits per heavy atom. The van der Waals surface area contributed by atoms with E-state index < -0.39 is 22.8 Å². The number of rotatable bonds is 6. The van der Waals surface area contributed by atoms with Gasteiger partial charge in [-0.1, -0.05) is 44.2 Å². The number of furan rings is 1. The van der Waals surface area contributed by atoms with Crippen molar-refractivity contribution < 1.29 is 18.3 Å². The predicted octanol–water partition coefficient (Wildman–Crippen LogP) is 6.31. The molecule has 0 bridgehead atoms. The van der Waals surface area contributed by atoms with Crippen molar-refractivity contribution in [2.75, 3.05) is 0 Å². The van der Waals surface area contributed by atoms with Crippen LogP contribution in [0.3, 0.4) is 0 Å². The van der Waals surface area contributed by atoms with E-state index in [-0.39, 0.29) is 16.9 Å². The summed E-state index contributed by atoms with van der Waals surface area (Å²) in [4.78, 5) is 4.43. The van der Waals surface area contributed by atoms with Crippen molar-refractivity contribution in [3.8, 4) is 0 Å². The Balaban J connectivity index is 1.53. The number of pyridine rings is 1. The average molecular weight is 421 g/mol. The number of fused-ring (bicyclic) bond motifs is 2. The Kier molecular flexibility index (Phi) is 4.63. The third-order valence-corrected chi connectivity index (χ3v) is 6.67. The van der Waals surface area contributed by atoms with E-state index in [0.29, 0.717) is 18.4 Å². The van der Waals surface area contributed by atoms with Gasteiger partial charge in [-0.25, -0.2) is 0 Å². The van der Waals surface area contributed by atoms with Gasteiger partial charge >= 0.3 is 6.01 Å². The van der Waals surface area contributed by atoms with Crippen LogP contribution in [0.1, 0.15) is 44.2 Å². The second-order valence-electron chi connectivity index (χ2n) is 9.47. The Morgan fingerprint density at radius 1 is 1.03 bits per heavy atom. The first-order chi connectivity index (χ1) is 14.8. The van der Waals surface area contributed by atoms with Gasteiger partial charge in [0.15, 0.2) is 0 Å². The van der Waals surface area contributed by atoms with Crippen LogP contribution in [0.4, 0.5) is 8.78 Å². The van der Waals surface area contributed by atoms with Crippen molar-refractivity contribution in [2.24, 2.45) is 5.92 Å². The van der Waals surface area contributed by atoms with Crippen LogP contribution >= 0.6 is 0 Å². The minimum atomic E-state index is -1.20. The van der Waals surface area contributed by atoms with Crippen LogP contribution in [-0.2, 0) is 11.8 Å². The van der Waals surface area contributed by atoms with Crippen molar-refractivity contribution in [3.05, 3.63) is 77.7 Å². The molecule has 1 saturated carbocycles. The summed E-state index contributed by atoms with van der Waals surface area (Å²) in [6, 6.07) is 13.8. The molecule has 5 heteroatoms. The molecule has 1 N–H and O–H groups in total. The molecule has 160 valence electrons. The number of aromatic nitrogens is 1. The number of hydrogen-bond acceptors (Lipinski definition) is 3. The largest absolute Gasteiger partial charge is 0.428 e. The van der Waals surface area contributed by atoms with E-state index in [2.05, 4.69) is 4.98 Å². The van der Waals surface area contributed by atoms with Gasteiger partial charge in [-0.05, 0) is 54.4 Å². The number of halogens is 2. The number of aliphatic hydroxyl groups is 1. The number of nitrogens with zero attached hydrogens (tertiary/aromatic N) is 1. The third kappa shape index (κ3) is 3.51. The predicted molar refractivity (Wildman–Crippen MR) is 117 cm³/mol. The fourth-order valence-corrected chi connectivity index (χ4v) is 5.06. The zero-order chi connectivity index (χ0) is 21.8. The van der Waals surface area contributed by atoms with Crippen LogP contribution in [-0.4, -0.2) is 15.7 Å². The molecule has 3 nitrogen and oxygen atoms in total. The van der Waals surface area contributed by atoms with Gasteiger partial charge in [0.25, 0.3) is 0 Å². The lowest BCUT2D eigenvalue weighted by Crippen LogP contribution is -2.41. The molecule has 1 unspecified atom stereocenters. The Bertz CT molecular complexity index is 1270. The molecule has 1 aliphatic carbocycles.